The summed E-state index contributed by atoms with van der Waals surface area (Å²) in [5.41, 5.74) is 0.601. The maximum absolute atomic E-state index is 11.9. The van der Waals surface area contributed by atoms with Crippen LogP contribution in [0.25, 0.3) is 0 Å². The van der Waals surface area contributed by atoms with Crippen molar-refractivity contribution in [3.05, 3.63) is 53.6 Å². The molecule has 0 unspecified atom stereocenters. The van der Waals surface area contributed by atoms with Gasteiger partial charge in [-0.3, -0.25) is 4.79 Å². The van der Waals surface area contributed by atoms with Gasteiger partial charge in [0.05, 0.1) is 30.3 Å². The lowest BCUT2D eigenvalue weighted by molar-refractivity contribution is -0.116. The van der Waals surface area contributed by atoms with Gasteiger partial charge in [-0.2, -0.15) is 0 Å². The van der Waals surface area contributed by atoms with Gasteiger partial charge < -0.3 is 14.8 Å². The van der Waals surface area contributed by atoms with E-state index in [0.717, 1.165) is 0 Å². The molecule has 4 nitrogen and oxygen atoms in total. The van der Waals surface area contributed by atoms with Crippen molar-refractivity contribution in [3.63, 3.8) is 0 Å². The maximum Gasteiger partial charge on any atom is 0.227 e. The van der Waals surface area contributed by atoms with Gasteiger partial charge in [-0.05, 0) is 31.2 Å². The van der Waals surface area contributed by atoms with Crippen molar-refractivity contribution in [2.45, 2.75) is 13.3 Å². The van der Waals surface area contributed by atoms with Gasteiger partial charge in [-0.1, -0.05) is 35.9 Å². The van der Waals surface area contributed by atoms with Crippen LogP contribution in [-0.4, -0.2) is 19.1 Å². The van der Waals surface area contributed by atoms with Crippen molar-refractivity contribution < 1.29 is 14.3 Å². The van der Waals surface area contributed by atoms with Crippen LogP contribution in [0.15, 0.2) is 48.5 Å². The second kappa shape index (κ2) is 8.29. The van der Waals surface area contributed by atoms with Gasteiger partial charge in [-0.15, -0.1) is 0 Å². The van der Waals surface area contributed by atoms with E-state index in [2.05, 4.69) is 5.32 Å². The number of para-hydroxylation sites is 3. The molecule has 1 amide bonds. The molecular weight excluding hydrogens is 302 g/mol. The van der Waals surface area contributed by atoms with Gasteiger partial charge in [0.1, 0.15) is 0 Å². The number of amides is 1. The third-order valence-corrected chi connectivity index (χ3v) is 3.21. The topological polar surface area (TPSA) is 47.6 Å². The van der Waals surface area contributed by atoms with E-state index in [0.29, 0.717) is 28.8 Å². The lowest BCUT2D eigenvalue weighted by Gasteiger charge is -2.11. The van der Waals surface area contributed by atoms with Crippen LogP contribution < -0.4 is 14.8 Å². The van der Waals surface area contributed by atoms with E-state index in [1.54, 1.807) is 12.1 Å². The van der Waals surface area contributed by atoms with Crippen LogP contribution in [0, 0.1) is 0 Å². The molecule has 0 bridgehead atoms. The number of benzene rings is 2. The first-order chi connectivity index (χ1) is 10.7. The van der Waals surface area contributed by atoms with E-state index >= 15 is 0 Å². The molecule has 0 saturated heterocycles. The number of hydrogen-bond donors (Lipinski definition) is 1. The molecule has 2 aromatic carbocycles. The Morgan fingerprint density at radius 3 is 2.36 bits per heavy atom. The van der Waals surface area contributed by atoms with Crippen molar-refractivity contribution in [2.24, 2.45) is 0 Å². The van der Waals surface area contributed by atoms with Gasteiger partial charge in [0.25, 0.3) is 0 Å². The Labute approximate surface area is 135 Å². The van der Waals surface area contributed by atoms with Crippen LogP contribution in [0.3, 0.4) is 0 Å². The zero-order chi connectivity index (χ0) is 15.8. The summed E-state index contributed by atoms with van der Waals surface area (Å²) in [4.78, 5) is 11.9. The van der Waals surface area contributed by atoms with Gasteiger partial charge >= 0.3 is 0 Å². The lowest BCUT2D eigenvalue weighted by Crippen LogP contribution is -2.15. The van der Waals surface area contributed by atoms with Crippen LogP contribution in [0.4, 0.5) is 5.69 Å². The molecule has 5 heteroatoms. The summed E-state index contributed by atoms with van der Waals surface area (Å²) in [5, 5.41) is 3.27. The number of halogens is 1. The number of anilines is 1. The zero-order valence-corrected chi connectivity index (χ0v) is 13.1. The Morgan fingerprint density at radius 2 is 1.68 bits per heavy atom. The summed E-state index contributed by atoms with van der Waals surface area (Å²) in [5.74, 6) is 1.16. The molecule has 0 aliphatic heterocycles. The Morgan fingerprint density at radius 1 is 1.05 bits per heavy atom. The summed E-state index contributed by atoms with van der Waals surface area (Å²) in [6.45, 7) is 2.74. The van der Waals surface area contributed by atoms with E-state index < -0.39 is 0 Å². The molecule has 0 saturated carbocycles. The molecular formula is C17H18ClNO3. The average molecular weight is 320 g/mol. The molecule has 0 fully saturated rings. The molecule has 0 aromatic heterocycles. The van der Waals surface area contributed by atoms with Crippen LogP contribution in [0.5, 0.6) is 11.5 Å². The van der Waals surface area contributed by atoms with Gasteiger partial charge in [0, 0.05) is 0 Å². The summed E-state index contributed by atoms with van der Waals surface area (Å²) in [6.07, 6.45) is 0.228. The molecule has 0 aliphatic rings. The number of carbonyl (C=O) groups is 1. The molecule has 0 aliphatic carbocycles. The summed E-state index contributed by atoms with van der Waals surface area (Å²) in [7, 11) is 0. The van der Waals surface area contributed by atoms with Gasteiger partial charge in [-0.25, -0.2) is 0 Å². The molecule has 0 heterocycles. The van der Waals surface area contributed by atoms with Crippen LogP contribution in [-0.2, 0) is 4.79 Å². The smallest absolute Gasteiger partial charge is 0.227 e. The quantitative estimate of drug-likeness (QED) is 0.834. The third-order valence-electron chi connectivity index (χ3n) is 2.88. The fourth-order valence-corrected chi connectivity index (χ4v) is 2.06. The van der Waals surface area contributed by atoms with Crippen LogP contribution >= 0.6 is 11.6 Å². The first kappa shape index (κ1) is 16.2. The molecule has 2 rings (SSSR count). The summed E-state index contributed by atoms with van der Waals surface area (Å²) in [6, 6.07) is 14.5. The molecule has 1 N–H and O–H groups in total. The molecule has 2 aromatic rings. The Hall–Kier alpha value is -2.20. The van der Waals surface area contributed by atoms with Crippen LogP contribution in [0.2, 0.25) is 5.02 Å². The van der Waals surface area contributed by atoms with Crippen molar-refractivity contribution in [1.29, 1.82) is 0 Å². The van der Waals surface area contributed by atoms with Crippen molar-refractivity contribution in [3.8, 4) is 11.5 Å². The maximum atomic E-state index is 11.9. The lowest BCUT2D eigenvalue weighted by atomic mass is 10.3. The number of ether oxygens (including phenoxy) is 2. The van der Waals surface area contributed by atoms with Crippen molar-refractivity contribution >= 4 is 23.2 Å². The first-order valence-electron chi connectivity index (χ1n) is 7.09. The highest BCUT2D eigenvalue weighted by molar-refractivity contribution is 6.33. The van der Waals surface area contributed by atoms with Crippen LogP contribution in [0.1, 0.15) is 13.3 Å². The van der Waals surface area contributed by atoms with Crippen molar-refractivity contribution in [2.75, 3.05) is 18.5 Å². The monoisotopic (exact) mass is 319 g/mol. The van der Waals surface area contributed by atoms with E-state index in [-0.39, 0.29) is 18.9 Å². The Kier molecular flexibility index (Phi) is 6.10. The number of hydrogen-bond acceptors (Lipinski definition) is 3. The summed E-state index contributed by atoms with van der Waals surface area (Å²) >= 11 is 5.99. The fraction of sp³-hybridized carbons (Fsp3) is 0.235. The predicted octanol–water partition coefficient (Wildman–Crippen LogP) is 4.15. The Balaban J connectivity index is 1.84. The molecule has 116 valence electrons. The Bertz CT molecular complexity index is 631. The van der Waals surface area contributed by atoms with E-state index in [1.165, 1.54) is 0 Å². The number of carbonyl (C=O) groups excluding carboxylic acids is 1. The minimum Gasteiger partial charge on any atom is -0.490 e. The highest BCUT2D eigenvalue weighted by Gasteiger charge is 2.07. The van der Waals surface area contributed by atoms with Gasteiger partial charge in [0.15, 0.2) is 11.5 Å². The minimum atomic E-state index is -0.151. The molecule has 0 atom stereocenters. The molecule has 0 radical (unpaired) electrons. The van der Waals surface area contributed by atoms with E-state index in [4.69, 9.17) is 21.1 Å². The fourth-order valence-electron chi connectivity index (χ4n) is 1.87. The summed E-state index contributed by atoms with van der Waals surface area (Å²) < 4.78 is 11.1. The van der Waals surface area contributed by atoms with E-state index in [9.17, 15) is 4.79 Å². The normalized spacial score (nSPS) is 10.1. The largest absolute Gasteiger partial charge is 0.490 e. The zero-order valence-electron chi connectivity index (χ0n) is 12.3. The first-order valence-corrected chi connectivity index (χ1v) is 7.47. The highest BCUT2D eigenvalue weighted by Crippen LogP contribution is 2.26. The van der Waals surface area contributed by atoms with Gasteiger partial charge in [0.2, 0.25) is 5.91 Å². The molecule has 22 heavy (non-hydrogen) atoms. The third kappa shape index (κ3) is 4.67. The van der Waals surface area contributed by atoms with Crippen molar-refractivity contribution in [1.82, 2.24) is 0 Å². The average Bonchev–Trinajstić information content (AvgIpc) is 2.51. The standard InChI is InChI=1S/C17H18ClNO3/c1-2-21-15-9-5-6-10-16(15)22-12-11-17(20)19-14-8-4-3-7-13(14)18/h3-10H,2,11-12H2,1H3,(H,19,20). The number of rotatable bonds is 7. The highest BCUT2D eigenvalue weighted by atomic mass is 35.5. The number of nitrogens with one attached hydrogen (secondary N) is 1. The minimum absolute atomic E-state index is 0.151. The second-order valence-corrected chi connectivity index (χ2v) is 4.91. The second-order valence-electron chi connectivity index (χ2n) is 4.51. The van der Waals surface area contributed by atoms with E-state index in [1.807, 2.05) is 43.3 Å². The predicted molar refractivity (Wildman–Crippen MR) is 87.8 cm³/mol. The SMILES string of the molecule is CCOc1ccccc1OCCC(=O)Nc1ccccc1Cl. The molecule has 0 spiro atoms.